The van der Waals surface area contributed by atoms with E-state index in [0.29, 0.717) is 6.54 Å². The number of rotatable bonds is 2. The molecule has 0 amide bonds. The van der Waals surface area contributed by atoms with Crippen molar-refractivity contribution in [2.75, 3.05) is 0 Å². The van der Waals surface area contributed by atoms with E-state index in [1.807, 2.05) is 18.2 Å². The molecule has 0 saturated heterocycles. The van der Waals surface area contributed by atoms with Gasteiger partial charge in [0, 0.05) is 18.9 Å². The van der Waals surface area contributed by atoms with Crippen LogP contribution in [0.25, 0.3) is 11.0 Å². The summed E-state index contributed by atoms with van der Waals surface area (Å²) in [4.78, 5) is 8.34. The van der Waals surface area contributed by atoms with Gasteiger partial charge in [0.1, 0.15) is 0 Å². The molecule has 13 heavy (non-hydrogen) atoms. The molecule has 0 spiro atoms. The van der Waals surface area contributed by atoms with Crippen LogP contribution < -0.4 is 5.48 Å². The van der Waals surface area contributed by atoms with E-state index in [4.69, 9.17) is 5.21 Å². The van der Waals surface area contributed by atoms with Gasteiger partial charge in [-0.15, -0.1) is 0 Å². The third-order valence-corrected chi connectivity index (χ3v) is 1.85. The first-order valence-corrected chi connectivity index (χ1v) is 3.97. The number of aromatic nitrogens is 2. The van der Waals surface area contributed by atoms with E-state index in [0.717, 1.165) is 16.6 Å². The summed E-state index contributed by atoms with van der Waals surface area (Å²) in [5.41, 5.74) is 4.71. The molecule has 4 nitrogen and oxygen atoms in total. The molecule has 0 unspecified atom stereocenters. The molecule has 0 radical (unpaired) electrons. The van der Waals surface area contributed by atoms with E-state index in [1.54, 1.807) is 12.4 Å². The smallest absolute Gasteiger partial charge is 0.0932 e. The third-order valence-electron chi connectivity index (χ3n) is 1.85. The van der Waals surface area contributed by atoms with Crippen molar-refractivity contribution in [3.05, 3.63) is 36.2 Å². The second-order valence-corrected chi connectivity index (χ2v) is 2.68. The zero-order valence-electron chi connectivity index (χ0n) is 6.94. The fourth-order valence-electron chi connectivity index (χ4n) is 1.26. The highest BCUT2D eigenvalue weighted by atomic mass is 16.5. The molecule has 0 aliphatic rings. The Labute approximate surface area is 75.2 Å². The van der Waals surface area contributed by atoms with E-state index in [2.05, 4.69) is 15.4 Å². The summed E-state index contributed by atoms with van der Waals surface area (Å²) in [6.45, 7) is 0.385. The highest BCUT2D eigenvalue weighted by molar-refractivity contribution is 5.77. The quantitative estimate of drug-likeness (QED) is 0.671. The molecule has 2 rings (SSSR count). The molecular formula is C9H9N3O. The standard InChI is InChI=1S/C9H9N3O/c13-12-6-7-3-5-10-8-2-1-4-11-9(7)8/h1-5,12-13H,6H2. The SMILES string of the molecule is ONCc1ccnc2cccnc12. The van der Waals surface area contributed by atoms with Crippen molar-refractivity contribution in [2.24, 2.45) is 0 Å². The van der Waals surface area contributed by atoms with E-state index in [9.17, 15) is 0 Å². The zero-order valence-corrected chi connectivity index (χ0v) is 6.94. The Morgan fingerprint density at radius 3 is 3.00 bits per heavy atom. The normalized spacial score (nSPS) is 10.5. The molecule has 4 heteroatoms. The van der Waals surface area contributed by atoms with Gasteiger partial charge in [0.05, 0.1) is 11.0 Å². The molecule has 0 aromatic carbocycles. The second-order valence-electron chi connectivity index (χ2n) is 2.68. The van der Waals surface area contributed by atoms with Gasteiger partial charge in [0.15, 0.2) is 0 Å². The largest absolute Gasteiger partial charge is 0.316 e. The molecule has 2 N–H and O–H groups in total. The molecule has 2 aromatic rings. The number of nitrogens with one attached hydrogen (secondary N) is 1. The fraction of sp³-hybridized carbons (Fsp3) is 0.111. The molecule has 2 heterocycles. The van der Waals surface area contributed by atoms with Crippen LogP contribution in [0.1, 0.15) is 5.56 Å². The zero-order chi connectivity index (χ0) is 9.10. The van der Waals surface area contributed by atoms with Crippen LogP contribution in [0.3, 0.4) is 0 Å². The van der Waals surface area contributed by atoms with Crippen molar-refractivity contribution in [3.8, 4) is 0 Å². The van der Waals surface area contributed by atoms with E-state index >= 15 is 0 Å². The van der Waals surface area contributed by atoms with Crippen LogP contribution in [0.4, 0.5) is 0 Å². The maximum atomic E-state index is 8.58. The number of nitrogens with zero attached hydrogens (tertiary/aromatic N) is 2. The lowest BCUT2D eigenvalue weighted by Gasteiger charge is -2.02. The number of pyridine rings is 2. The van der Waals surface area contributed by atoms with Gasteiger partial charge in [-0.2, -0.15) is 0 Å². The van der Waals surface area contributed by atoms with Crippen molar-refractivity contribution in [3.63, 3.8) is 0 Å². The van der Waals surface area contributed by atoms with Crippen molar-refractivity contribution in [2.45, 2.75) is 6.54 Å². The monoisotopic (exact) mass is 175 g/mol. The van der Waals surface area contributed by atoms with Gasteiger partial charge in [-0.3, -0.25) is 9.97 Å². The summed E-state index contributed by atoms with van der Waals surface area (Å²) in [5, 5.41) is 8.58. The van der Waals surface area contributed by atoms with Crippen molar-refractivity contribution >= 4 is 11.0 Å². The molecule has 0 aliphatic carbocycles. The summed E-state index contributed by atoms with van der Waals surface area (Å²) in [5.74, 6) is 0. The minimum absolute atomic E-state index is 0.385. The second kappa shape index (κ2) is 3.47. The number of hydrogen-bond acceptors (Lipinski definition) is 4. The van der Waals surface area contributed by atoms with Crippen LogP contribution in [-0.2, 0) is 6.54 Å². The summed E-state index contributed by atoms with van der Waals surface area (Å²) < 4.78 is 0. The van der Waals surface area contributed by atoms with Crippen molar-refractivity contribution in [1.82, 2.24) is 15.4 Å². The number of hydroxylamine groups is 1. The first-order valence-electron chi connectivity index (χ1n) is 3.97. The minimum Gasteiger partial charge on any atom is -0.316 e. The molecule has 0 aliphatic heterocycles. The average molecular weight is 175 g/mol. The molecule has 0 atom stereocenters. The predicted molar refractivity (Wildman–Crippen MR) is 48.2 cm³/mol. The van der Waals surface area contributed by atoms with Gasteiger partial charge in [0.2, 0.25) is 0 Å². The molecule has 0 fully saturated rings. The van der Waals surface area contributed by atoms with Crippen LogP contribution in [0.2, 0.25) is 0 Å². The van der Waals surface area contributed by atoms with Gasteiger partial charge < -0.3 is 5.21 Å². The first-order chi connectivity index (χ1) is 6.42. The van der Waals surface area contributed by atoms with Crippen molar-refractivity contribution in [1.29, 1.82) is 0 Å². The Hall–Kier alpha value is -1.52. The first kappa shape index (κ1) is 8.10. The Bertz CT molecular complexity index is 411. The summed E-state index contributed by atoms with van der Waals surface area (Å²) in [7, 11) is 0. The third kappa shape index (κ3) is 1.49. The molecule has 0 saturated carbocycles. The highest BCUT2D eigenvalue weighted by Gasteiger charge is 2.00. The predicted octanol–water partition coefficient (Wildman–Crippen LogP) is 1.11. The van der Waals surface area contributed by atoms with Gasteiger partial charge in [-0.25, -0.2) is 5.48 Å². The lowest BCUT2D eigenvalue weighted by atomic mass is 10.2. The molecule has 0 bridgehead atoms. The molecule has 2 aromatic heterocycles. The van der Waals surface area contributed by atoms with Gasteiger partial charge >= 0.3 is 0 Å². The van der Waals surface area contributed by atoms with Gasteiger partial charge in [0.25, 0.3) is 0 Å². The average Bonchev–Trinajstić information content (AvgIpc) is 2.19. The Kier molecular flexibility index (Phi) is 2.16. The fourth-order valence-corrected chi connectivity index (χ4v) is 1.26. The van der Waals surface area contributed by atoms with Crippen LogP contribution in [-0.4, -0.2) is 15.2 Å². The topological polar surface area (TPSA) is 58.0 Å². The summed E-state index contributed by atoms with van der Waals surface area (Å²) >= 11 is 0. The minimum atomic E-state index is 0.385. The maximum Gasteiger partial charge on any atom is 0.0932 e. The Balaban J connectivity index is 2.61. The summed E-state index contributed by atoms with van der Waals surface area (Å²) in [6, 6.07) is 5.56. The maximum absolute atomic E-state index is 8.58. The number of hydrogen-bond donors (Lipinski definition) is 2. The van der Waals surface area contributed by atoms with E-state index in [1.165, 1.54) is 0 Å². The van der Waals surface area contributed by atoms with Crippen LogP contribution in [0.15, 0.2) is 30.6 Å². The van der Waals surface area contributed by atoms with E-state index in [-0.39, 0.29) is 0 Å². The number of fused-ring (bicyclic) bond motifs is 1. The van der Waals surface area contributed by atoms with Crippen molar-refractivity contribution < 1.29 is 5.21 Å². The Morgan fingerprint density at radius 2 is 2.15 bits per heavy atom. The van der Waals surface area contributed by atoms with Crippen LogP contribution >= 0.6 is 0 Å². The van der Waals surface area contributed by atoms with E-state index < -0.39 is 0 Å². The highest BCUT2D eigenvalue weighted by Crippen LogP contribution is 2.12. The lowest BCUT2D eigenvalue weighted by molar-refractivity contribution is 0.161. The molecular weight excluding hydrogens is 166 g/mol. The molecule has 66 valence electrons. The van der Waals surface area contributed by atoms with Crippen LogP contribution in [0.5, 0.6) is 0 Å². The Morgan fingerprint density at radius 1 is 1.23 bits per heavy atom. The van der Waals surface area contributed by atoms with Gasteiger partial charge in [-0.05, 0) is 23.8 Å². The summed E-state index contributed by atoms with van der Waals surface area (Å²) in [6.07, 6.45) is 3.42. The lowest BCUT2D eigenvalue weighted by Crippen LogP contribution is -2.07. The van der Waals surface area contributed by atoms with Gasteiger partial charge in [-0.1, -0.05) is 0 Å². The van der Waals surface area contributed by atoms with Crippen LogP contribution in [0, 0.1) is 0 Å².